The van der Waals surface area contributed by atoms with Gasteiger partial charge in [-0.1, -0.05) is 12.8 Å². The summed E-state index contributed by atoms with van der Waals surface area (Å²) < 4.78 is 4.80. The second-order valence-corrected chi connectivity index (χ2v) is 5.81. The molecule has 0 aromatic carbocycles. The molecule has 0 N–H and O–H groups in total. The van der Waals surface area contributed by atoms with Crippen molar-refractivity contribution >= 4 is 11.9 Å². The highest BCUT2D eigenvalue weighted by molar-refractivity contribution is 5.91. The lowest BCUT2D eigenvalue weighted by molar-refractivity contribution is -0.136. The summed E-state index contributed by atoms with van der Waals surface area (Å²) in [6.07, 6.45) is 8.37. The van der Waals surface area contributed by atoms with Gasteiger partial charge in [0.05, 0.1) is 12.7 Å². The van der Waals surface area contributed by atoms with Crippen molar-refractivity contribution in [1.82, 2.24) is 9.88 Å². The summed E-state index contributed by atoms with van der Waals surface area (Å²) in [5.41, 5.74) is 2.48. The quantitative estimate of drug-likeness (QED) is 0.780. The number of aromatic nitrogens is 1. The van der Waals surface area contributed by atoms with E-state index in [9.17, 15) is 9.59 Å². The zero-order chi connectivity index (χ0) is 14.8. The number of hydrogen-bond donors (Lipinski definition) is 0. The summed E-state index contributed by atoms with van der Waals surface area (Å²) in [7, 11) is 1.38. The highest BCUT2D eigenvalue weighted by Crippen LogP contribution is 2.29. The fourth-order valence-corrected chi connectivity index (χ4v) is 3.40. The molecular weight excluding hydrogens is 268 g/mol. The van der Waals surface area contributed by atoms with E-state index in [4.69, 9.17) is 4.74 Å². The van der Waals surface area contributed by atoms with E-state index in [0.29, 0.717) is 25.1 Å². The number of fused-ring (bicyclic) bond motifs is 1. The molecule has 0 bridgehead atoms. The molecule has 3 rings (SSSR count). The van der Waals surface area contributed by atoms with E-state index in [1.807, 2.05) is 4.90 Å². The molecular formula is C16H20N2O3. The molecule has 5 nitrogen and oxygen atoms in total. The van der Waals surface area contributed by atoms with Gasteiger partial charge in [0, 0.05) is 31.4 Å². The first-order valence-electron chi connectivity index (χ1n) is 7.53. The number of nitrogens with zero attached hydrogens (tertiary/aromatic N) is 2. The van der Waals surface area contributed by atoms with Gasteiger partial charge in [-0.3, -0.25) is 9.78 Å². The monoisotopic (exact) mass is 288 g/mol. The van der Waals surface area contributed by atoms with Gasteiger partial charge in [0.25, 0.3) is 0 Å². The number of esters is 1. The molecule has 0 spiro atoms. The summed E-state index contributed by atoms with van der Waals surface area (Å²) >= 11 is 0. The molecule has 5 heteroatoms. The van der Waals surface area contributed by atoms with Crippen molar-refractivity contribution in [3.8, 4) is 0 Å². The Morgan fingerprint density at radius 1 is 1.29 bits per heavy atom. The van der Waals surface area contributed by atoms with E-state index >= 15 is 0 Å². The second-order valence-electron chi connectivity index (χ2n) is 5.81. The molecule has 1 aliphatic heterocycles. The number of ether oxygens (including phenoxy) is 1. The zero-order valence-corrected chi connectivity index (χ0v) is 12.3. The van der Waals surface area contributed by atoms with Crippen LogP contribution < -0.4 is 0 Å². The Kier molecular flexibility index (Phi) is 3.90. The van der Waals surface area contributed by atoms with E-state index in [-0.39, 0.29) is 17.8 Å². The van der Waals surface area contributed by atoms with Crippen LogP contribution in [0, 0.1) is 5.92 Å². The first-order valence-corrected chi connectivity index (χ1v) is 7.53. The average molecular weight is 288 g/mol. The summed E-state index contributed by atoms with van der Waals surface area (Å²) in [4.78, 5) is 30.3. The second kappa shape index (κ2) is 5.84. The van der Waals surface area contributed by atoms with Crippen molar-refractivity contribution in [2.75, 3.05) is 13.7 Å². The minimum Gasteiger partial charge on any atom is -0.465 e. The Hall–Kier alpha value is -1.91. The zero-order valence-electron chi connectivity index (χ0n) is 12.3. The largest absolute Gasteiger partial charge is 0.465 e. The molecule has 1 fully saturated rings. The standard InChI is InChI=1S/C16H20N2O3/c1-21-16(20)14-9-17-8-12-10-18(7-6-13(12)14)15(19)11-4-2-3-5-11/h8-9,11H,2-7,10H2,1H3. The van der Waals surface area contributed by atoms with E-state index in [0.717, 1.165) is 36.8 Å². The molecule has 21 heavy (non-hydrogen) atoms. The van der Waals surface area contributed by atoms with Gasteiger partial charge in [0.2, 0.25) is 5.91 Å². The van der Waals surface area contributed by atoms with Gasteiger partial charge in [-0.25, -0.2) is 4.79 Å². The molecule has 112 valence electrons. The minimum absolute atomic E-state index is 0.197. The van der Waals surface area contributed by atoms with Crippen LogP contribution in [0.4, 0.5) is 0 Å². The molecule has 1 aromatic rings. The molecule has 1 amide bonds. The predicted molar refractivity (Wildman–Crippen MR) is 76.7 cm³/mol. The van der Waals surface area contributed by atoms with Gasteiger partial charge < -0.3 is 9.64 Å². The minimum atomic E-state index is -0.352. The first kappa shape index (κ1) is 14.0. The fourth-order valence-electron chi connectivity index (χ4n) is 3.40. The molecule has 0 radical (unpaired) electrons. The highest BCUT2D eigenvalue weighted by Gasteiger charge is 2.30. The Bertz CT molecular complexity index is 565. The van der Waals surface area contributed by atoms with Crippen molar-refractivity contribution in [3.05, 3.63) is 29.1 Å². The molecule has 2 heterocycles. The van der Waals surface area contributed by atoms with Crippen molar-refractivity contribution in [2.24, 2.45) is 5.92 Å². The lowest BCUT2D eigenvalue weighted by Gasteiger charge is -2.31. The summed E-state index contributed by atoms with van der Waals surface area (Å²) in [5.74, 6) is 0.111. The van der Waals surface area contributed by atoms with Crippen LogP contribution >= 0.6 is 0 Å². The maximum absolute atomic E-state index is 12.5. The number of methoxy groups -OCH3 is 1. The van der Waals surface area contributed by atoms with Crippen LogP contribution in [0.5, 0.6) is 0 Å². The third-order valence-electron chi connectivity index (χ3n) is 4.56. The van der Waals surface area contributed by atoms with Gasteiger partial charge in [0.1, 0.15) is 0 Å². The smallest absolute Gasteiger partial charge is 0.339 e. The molecule has 1 aliphatic carbocycles. The Labute approximate surface area is 124 Å². The predicted octanol–water partition coefficient (Wildman–Crippen LogP) is 1.94. The third-order valence-corrected chi connectivity index (χ3v) is 4.56. The van der Waals surface area contributed by atoms with E-state index in [2.05, 4.69) is 4.98 Å². The third kappa shape index (κ3) is 2.64. The van der Waals surface area contributed by atoms with Crippen LogP contribution in [-0.2, 0) is 22.5 Å². The Morgan fingerprint density at radius 2 is 2.05 bits per heavy atom. The highest BCUT2D eigenvalue weighted by atomic mass is 16.5. The maximum atomic E-state index is 12.5. The molecule has 1 saturated carbocycles. The van der Waals surface area contributed by atoms with Crippen LogP contribution in [0.2, 0.25) is 0 Å². The lowest BCUT2D eigenvalue weighted by Crippen LogP contribution is -2.39. The van der Waals surface area contributed by atoms with Crippen LogP contribution in [0.25, 0.3) is 0 Å². The summed E-state index contributed by atoms with van der Waals surface area (Å²) in [5, 5.41) is 0. The molecule has 0 unspecified atom stereocenters. The summed E-state index contributed by atoms with van der Waals surface area (Å²) in [6, 6.07) is 0. The average Bonchev–Trinajstić information content (AvgIpc) is 3.06. The number of carbonyl (C=O) groups excluding carboxylic acids is 2. The SMILES string of the molecule is COC(=O)c1cncc2c1CCN(C(=O)C1CCCC1)C2. The summed E-state index contributed by atoms with van der Waals surface area (Å²) in [6.45, 7) is 1.23. The van der Waals surface area contributed by atoms with Gasteiger partial charge in [-0.15, -0.1) is 0 Å². The van der Waals surface area contributed by atoms with Crippen molar-refractivity contribution in [2.45, 2.75) is 38.6 Å². The van der Waals surface area contributed by atoms with Crippen molar-refractivity contribution < 1.29 is 14.3 Å². The Morgan fingerprint density at radius 3 is 2.76 bits per heavy atom. The van der Waals surface area contributed by atoms with Crippen molar-refractivity contribution in [3.63, 3.8) is 0 Å². The fraction of sp³-hybridized carbons (Fsp3) is 0.562. The topological polar surface area (TPSA) is 59.5 Å². The number of hydrogen-bond acceptors (Lipinski definition) is 4. The molecule has 0 saturated heterocycles. The van der Waals surface area contributed by atoms with Gasteiger partial charge in [-0.05, 0) is 30.4 Å². The number of carbonyl (C=O) groups is 2. The molecule has 0 atom stereocenters. The molecule has 2 aliphatic rings. The normalized spacial score (nSPS) is 18.4. The van der Waals surface area contributed by atoms with Gasteiger partial charge in [-0.2, -0.15) is 0 Å². The van der Waals surface area contributed by atoms with Gasteiger partial charge in [0.15, 0.2) is 0 Å². The van der Waals surface area contributed by atoms with Crippen LogP contribution in [0.15, 0.2) is 12.4 Å². The van der Waals surface area contributed by atoms with E-state index < -0.39 is 0 Å². The number of amides is 1. The Balaban J connectivity index is 1.79. The van der Waals surface area contributed by atoms with E-state index in [1.54, 1.807) is 12.4 Å². The van der Waals surface area contributed by atoms with Crippen LogP contribution in [-0.4, -0.2) is 35.4 Å². The van der Waals surface area contributed by atoms with Crippen molar-refractivity contribution in [1.29, 1.82) is 0 Å². The number of pyridine rings is 1. The number of rotatable bonds is 2. The van der Waals surface area contributed by atoms with Crippen LogP contribution in [0.1, 0.15) is 47.2 Å². The molecule has 1 aromatic heterocycles. The van der Waals surface area contributed by atoms with Gasteiger partial charge >= 0.3 is 5.97 Å². The lowest BCUT2D eigenvalue weighted by atomic mass is 9.95. The first-order chi connectivity index (χ1) is 10.2. The van der Waals surface area contributed by atoms with E-state index in [1.165, 1.54) is 7.11 Å². The maximum Gasteiger partial charge on any atom is 0.339 e. The van der Waals surface area contributed by atoms with Crippen LogP contribution in [0.3, 0.4) is 0 Å².